The molecule has 4 aromatic rings. The van der Waals surface area contributed by atoms with Crippen LogP contribution in [0, 0.1) is 0 Å². The second kappa shape index (κ2) is 8.02. The van der Waals surface area contributed by atoms with Gasteiger partial charge in [0.2, 0.25) is 0 Å². The third-order valence-electron chi connectivity index (χ3n) is 5.80. The molecule has 166 valence electrons. The van der Waals surface area contributed by atoms with E-state index in [1.807, 2.05) is 30.3 Å². The highest BCUT2D eigenvalue weighted by atomic mass is 16.5. The standard InChI is InChI=1S/C26H20O7/c1-30-15-8-9-20(31-2)16(10-15)17-11-23(29)32-22-13-19(28)25-18(27)12-21(33-26(25)24(17)22)14-6-4-3-5-7-14/h3-10,12-13,17,28H,11H2,1-2H3/t17-/m1/s1. The van der Waals surface area contributed by atoms with E-state index in [0.717, 1.165) is 0 Å². The lowest BCUT2D eigenvalue weighted by atomic mass is 9.84. The SMILES string of the molecule is COc1ccc(OC)c([C@H]2CC(=O)Oc3cc(O)c4c(=O)cc(-c5ccccc5)oc4c32)c1. The molecule has 0 spiro atoms. The molecular weight excluding hydrogens is 424 g/mol. The van der Waals surface area contributed by atoms with Crippen LogP contribution in [0.15, 0.2) is 69.9 Å². The number of methoxy groups -OCH3 is 2. The number of benzene rings is 3. The van der Waals surface area contributed by atoms with Gasteiger partial charge < -0.3 is 23.7 Å². The Morgan fingerprint density at radius 1 is 0.970 bits per heavy atom. The lowest BCUT2D eigenvalue weighted by molar-refractivity contribution is -0.135. The van der Waals surface area contributed by atoms with Crippen molar-refractivity contribution in [2.45, 2.75) is 12.3 Å². The Bertz CT molecular complexity index is 1440. The van der Waals surface area contributed by atoms with Gasteiger partial charge in [-0.2, -0.15) is 0 Å². The molecule has 33 heavy (non-hydrogen) atoms. The zero-order valence-corrected chi connectivity index (χ0v) is 18.0. The second-order valence-corrected chi connectivity index (χ2v) is 7.69. The predicted molar refractivity (Wildman–Crippen MR) is 121 cm³/mol. The number of carbonyl (C=O) groups excluding carboxylic acids is 1. The van der Waals surface area contributed by atoms with Crippen molar-refractivity contribution in [3.8, 4) is 34.3 Å². The molecule has 1 atom stereocenters. The molecule has 1 aliphatic rings. The van der Waals surface area contributed by atoms with Gasteiger partial charge in [-0.15, -0.1) is 0 Å². The zero-order valence-electron chi connectivity index (χ0n) is 18.0. The third-order valence-corrected chi connectivity index (χ3v) is 5.80. The molecule has 0 aliphatic carbocycles. The summed E-state index contributed by atoms with van der Waals surface area (Å²) in [4.78, 5) is 25.5. The van der Waals surface area contributed by atoms with Crippen molar-refractivity contribution < 1.29 is 28.5 Å². The summed E-state index contributed by atoms with van der Waals surface area (Å²) in [5.41, 5.74) is 1.64. The Labute approximate surface area is 188 Å². The third kappa shape index (κ3) is 3.47. The minimum absolute atomic E-state index is 0.00429. The highest BCUT2D eigenvalue weighted by Crippen LogP contribution is 2.48. The molecule has 7 heteroatoms. The normalized spacial score (nSPS) is 15.1. The fourth-order valence-electron chi connectivity index (χ4n) is 4.28. The van der Waals surface area contributed by atoms with Crippen LogP contribution in [0.2, 0.25) is 0 Å². The molecule has 1 aliphatic heterocycles. The average molecular weight is 444 g/mol. The number of ether oxygens (including phenoxy) is 3. The fraction of sp³-hybridized carbons (Fsp3) is 0.154. The molecule has 0 unspecified atom stereocenters. The molecule has 7 nitrogen and oxygen atoms in total. The van der Waals surface area contributed by atoms with Gasteiger partial charge in [0.25, 0.3) is 0 Å². The Balaban J connectivity index is 1.84. The van der Waals surface area contributed by atoms with E-state index in [1.54, 1.807) is 25.3 Å². The molecule has 3 aromatic carbocycles. The number of rotatable bonds is 4. The van der Waals surface area contributed by atoms with E-state index >= 15 is 0 Å². The average Bonchev–Trinajstić information content (AvgIpc) is 2.83. The lowest BCUT2D eigenvalue weighted by Crippen LogP contribution is -2.22. The van der Waals surface area contributed by atoms with E-state index in [0.29, 0.717) is 33.9 Å². The van der Waals surface area contributed by atoms with Crippen LogP contribution in [0.3, 0.4) is 0 Å². The second-order valence-electron chi connectivity index (χ2n) is 7.69. The van der Waals surface area contributed by atoms with Crippen LogP contribution < -0.4 is 19.6 Å². The predicted octanol–water partition coefficient (Wildman–Crippen LogP) is 4.62. The molecule has 0 amide bonds. The lowest BCUT2D eigenvalue weighted by Gasteiger charge is -2.27. The van der Waals surface area contributed by atoms with Crippen LogP contribution >= 0.6 is 0 Å². The summed E-state index contributed by atoms with van der Waals surface area (Å²) in [6.07, 6.45) is -0.00429. The van der Waals surface area contributed by atoms with Gasteiger partial charge in [-0.1, -0.05) is 30.3 Å². The van der Waals surface area contributed by atoms with E-state index in [4.69, 9.17) is 18.6 Å². The minimum atomic E-state index is -0.552. The molecule has 0 saturated carbocycles. The monoisotopic (exact) mass is 444 g/mol. The smallest absolute Gasteiger partial charge is 0.312 e. The van der Waals surface area contributed by atoms with Gasteiger partial charge in [0.05, 0.1) is 20.6 Å². The number of esters is 1. The summed E-state index contributed by atoms with van der Waals surface area (Å²) in [5.74, 6) is 0.267. The van der Waals surface area contributed by atoms with E-state index in [1.165, 1.54) is 19.2 Å². The van der Waals surface area contributed by atoms with Gasteiger partial charge in [0.1, 0.15) is 39.7 Å². The molecule has 1 aromatic heterocycles. The molecule has 0 bridgehead atoms. The molecule has 5 rings (SSSR count). The largest absolute Gasteiger partial charge is 0.507 e. The van der Waals surface area contributed by atoms with Crippen molar-refractivity contribution in [3.63, 3.8) is 0 Å². The number of phenolic OH excluding ortho intramolecular Hbond substituents is 1. The fourth-order valence-corrected chi connectivity index (χ4v) is 4.28. The van der Waals surface area contributed by atoms with Gasteiger partial charge in [-0.25, -0.2) is 0 Å². The van der Waals surface area contributed by atoms with Crippen LogP contribution in [-0.4, -0.2) is 25.3 Å². The Morgan fingerprint density at radius 2 is 1.76 bits per heavy atom. The maximum atomic E-state index is 13.0. The molecule has 0 radical (unpaired) electrons. The number of phenols is 1. The van der Waals surface area contributed by atoms with Gasteiger partial charge >= 0.3 is 5.97 Å². The molecule has 0 saturated heterocycles. The number of aromatic hydroxyl groups is 1. The quantitative estimate of drug-likeness (QED) is 0.362. The van der Waals surface area contributed by atoms with Crippen LogP contribution in [-0.2, 0) is 4.79 Å². The van der Waals surface area contributed by atoms with Crippen molar-refractivity contribution in [2.75, 3.05) is 14.2 Å². The minimum Gasteiger partial charge on any atom is -0.507 e. The highest BCUT2D eigenvalue weighted by molar-refractivity contribution is 5.93. The first kappa shape index (κ1) is 20.6. The number of fused-ring (bicyclic) bond motifs is 3. The maximum Gasteiger partial charge on any atom is 0.312 e. The first-order chi connectivity index (χ1) is 16.0. The van der Waals surface area contributed by atoms with Crippen LogP contribution in [0.1, 0.15) is 23.5 Å². The van der Waals surface area contributed by atoms with Crippen LogP contribution in [0.25, 0.3) is 22.3 Å². The summed E-state index contributed by atoms with van der Waals surface area (Å²) in [7, 11) is 3.09. The first-order valence-corrected chi connectivity index (χ1v) is 10.3. The van der Waals surface area contributed by atoms with Crippen molar-refractivity contribution in [3.05, 3.63) is 82.0 Å². The van der Waals surface area contributed by atoms with Crippen LogP contribution in [0.4, 0.5) is 0 Å². The Morgan fingerprint density at radius 3 is 2.48 bits per heavy atom. The van der Waals surface area contributed by atoms with Crippen molar-refractivity contribution in [1.82, 2.24) is 0 Å². The summed E-state index contributed by atoms with van der Waals surface area (Å²) >= 11 is 0. The van der Waals surface area contributed by atoms with Crippen molar-refractivity contribution in [2.24, 2.45) is 0 Å². The van der Waals surface area contributed by atoms with E-state index in [-0.39, 0.29) is 28.9 Å². The molecular formula is C26H20O7. The molecule has 0 fully saturated rings. The summed E-state index contributed by atoms with van der Waals surface area (Å²) in [5, 5.41) is 10.6. The van der Waals surface area contributed by atoms with Gasteiger partial charge in [0.15, 0.2) is 5.43 Å². The van der Waals surface area contributed by atoms with Gasteiger partial charge in [0, 0.05) is 34.7 Å². The number of carbonyl (C=O) groups is 1. The number of hydrogen-bond acceptors (Lipinski definition) is 7. The topological polar surface area (TPSA) is 95.2 Å². The zero-order chi connectivity index (χ0) is 23.1. The molecule has 1 N–H and O–H groups in total. The van der Waals surface area contributed by atoms with Crippen molar-refractivity contribution >= 4 is 16.9 Å². The van der Waals surface area contributed by atoms with Gasteiger partial charge in [-0.3, -0.25) is 9.59 Å². The Hall–Kier alpha value is -4.26. The summed E-state index contributed by atoms with van der Waals surface area (Å²) in [6, 6.07) is 17.1. The van der Waals surface area contributed by atoms with E-state index < -0.39 is 17.3 Å². The first-order valence-electron chi connectivity index (χ1n) is 10.3. The van der Waals surface area contributed by atoms with E-state index in [9.17, 15) is 14.7 Å². The van der Waals surface area contributed by atoms with Gasteiger partial charge in [-0.05, 0) is 18.2 Å². The number of hydrogen-bond donors (Lipinski definition) is 1. The van der Waals surface area contributed by atoms with Crippen molar-refractivity contribution in [1.29, 1.82) is 0 Å². The summed E-state index contributed by atoms with van der Waals surface area (Å²) < 4.78 is 22.6. The highest BCUT2D eigenvalue weighted by Gasteiger charge is 2.35. The molecule has 2 heterocycles. The Kier molecular flexibility index (Phi) is 5.01. The summed E-state index contributed by atoms with van der Waals surface area (Å²) in [6.45, 7) is 0. The van der Waals surface area contributed by atoms with Crippen LogP contribution in [0.5, 0.6) is 23.0 Å². The maximum absolute atomic E-state index is 13.0. The van der Waals surface area contributed by atoms with E-state index in [2.05, 4.69) is 0 Å².